The number of benzene rings is 2. The van der Waals surface area contributed by atoms with Gasteiger partial charge in [-0.25, -0.2) is 0 Å². The van der Waals surface area contributed by atoms with Crippen LogP contribution in [0.4, 0.5) is 17.1 Å². The Morgan fingerprint density at radius 1 is 0.737 bits per heavy atom. The van der Waals surface area contributed by atoms with Crippen LogP contribution in [0.15, 0.2) is 54.6 Å². The van der Waals surface area contributed by atoms with Crippen LogP contribution < -0.4 is 22.6 Å². The number of hydrogen-bond donors (Lipinski definition) is 2. The minimum Gasteiger partial charge on any atom is -1.00 e. The molecule has 1 heterocycles. The van der Waals surface area contributed by atoms with Crippen LogP contribution in [0.1, 0.15) is 12.8 Å². The molecule has 0 aromatic heterocycles. The molecule has 1 fully saturated rings. The molecule has 2 aromatic rings. The van der Waals surface area contributed by atoms with Gasteiger partial charge in [-0.15, -0.1) is 0 Å². The lowest BCUT2D eigenvalue weighted by Crippen LogP contribution is -3.04. The van der Waals surface area contributed by atoms with Crippen molar-refractivity contribution in [3.63, 3.8) is 0 Å². The highest BCUT2D eigenvalue weighted by Gasteiger charge is 2.17. The van der Waals surface area contributed by atoms with Crippen LogP contribution >= 0.6 is 0 Å². The van der Waals surface area contributed by atoms with E-state index >= 15 is 0 Å². The molecule has 0 spiro atoms. The van der Waals surface area contributed by atoms with Crippen LogP contribution in [0.25, 0.3) is 0 Å². The third kappa shape index (κ3) is 3.49. The SMILES string of the molecule is [Cl-].c1ccc(Nc2ccc([NH+]3CCCC3)cc2)cc1. The summed E-state index contributed by atoms with van der Waals surface area (Å²) in [5.74, 6) is 0. The third-order valence-electron chi connectivity index (χ3n) is 3.56. The Bertz CT molecular complexity index is 490. The van der Waals surface area contributed by atoms with E-state index in [0.717, 1.165) is 11.4 Å². The fourth-order valence-corrected chi connectivity index (χ4v) is 2.57. The van der Waals surface area contributed by atoms with Gasteiger partial charge in [-0.05, 0) is 24.3 Å². The van der Waals surface area contributed by atoms with Crippen molar-refractivity contribution in [2.45, 2.75) is 12.8 Å². The number of hydrogen-bond acceptors (Lipinski definition) is 1. The van der Waals surface area contributed by atoms with Gasteiger partial charge in [0.2, 0.25) is 0 Å². The zero-order valence-electron chi connectivity index (χ0n) is 10.9. The van der Waals surface area contributed by atoms with Crippen molar-refractivity contribution in [3.05, 3.63) is 54.6 Å². The van der Waals surface area contributed by atoms with Gasteiger partial charge in [-0.1, -0.05) is 18.2 Å². The molecule has 0 atom stereocenters. The van der Waals surface area contributed by atoms with Crippen LogP contribution in [0.5, 0.6) is 0 Å². The standard InChI is InChI=1S/C16H18N2.ClH/c1-2-6-14(7-3-1)17-15-8-10-16(11-9-15)18-12-4-5-13-18;/h1-3,6-11,17H,4-5,12-13H2;1H. The van der Waals surface area contributed by atoms with Gasteiger partial charge in [0, 0.05) is 36.3 Å². The lowest BCUT2D eigenvalue weighted by molar-refractivity contribution is -0.818. The monoisotopic (exact) mass is 274 g/mol. The van der Waals surface area contributed by atoms with Crippen molar-refractivity contribution >= 4 is 17.1 Å². The summed E-state index contributed by atoms with van der Waals surface area (Å²) in [5, 5.41) is 3.41. The molecule has 100 valence electrons. The average molecular weight is 275 g/mol. The van der Waals surface area contributed by atoms with E-state index in [0.29, 0.717) is 0 Å². The predicted octanol–water partition coefficient (Wildman–Crippen LogP) is -0.256. The zero-order chi connectivity index (χ0) is 12.2. The number of quaternary nitrogens is 1. The quantitative estimate of drug-likeness (QED) is 0.789. The summed E-state index contributed by atoms with van der Waals surface area (Å²) >= 11 is 0. The molecule has 2 nitrogen and oxygen atoms in total. The van der Waals surface area contributed by atoms with Gasteiger partial charge in [-0.3, -0.25) is 0 Å². The highest BCUT2D eigenvalue weighted by molar-refractivity contribution is 5.60. The maximum atomic E-state index is 3.41. The molecule has 0 saturated carbocycles. The molecule has 1 aliphatic heterocycles. The molecule has 19 heavy (non-hydrogen) atoms. The molecule has 0 aliphatic carbocycles. The molecule has 0 unspecified atom stereocenters. The van der Waals surface area contributed by atoms with E-state index in [-0.39, 0.29) is 12.4 Å². The molecule has 3 rings (SSSR count). The summed E-state index contributed by atoms with van der Waals surface area (Å²) in [6, 6.07) is 19.1. The normalized spacial score (nSPS) is 14.9. The van der Waals surface area contributed by atoms with Crippen molar-refractivity contribution in [2.75, 3.05) is 18.4 Å². The van der Waals surface area contributed by atoms with Gasteiger partial charge >= 0.3 is 0 Å². The van der Waals surface area contributed by atoms with Gasteiger partial charge in [0.25, 0.3) is 0 Å². The van der Waals surface area contributed by atoms with E-state index in [4.69, 9.17) is 0 Å². The Balaban J connectivity index is 0.00000133. The minimum atomic E-state index is 0. The topological polar surface area (TPSA) is 16.5 Å². The van der Waals surface area contributed by atoms with Crippen LogP contribution in [-0.4, -0.2) is 13.1 Å². The fraction of sp³-hybridized carbons (Fsp3) is 0.250. The van der Waals surface area contributed by atoms with Gasteiger partial charge in [-0.2, -0.15) is 0 Å². The lowest BCUT2D eigenvalue weighted by atomic mass is 10.2. The highest BCUT2D eigenvalue weighted by atomic mass is 35.5. The molecular formula is C16H19ClN2. The minimum absolute atomic E-state index is 0. The summed E-state index contributed by atoms with van der Waals surface area (Å²) in [6.45, 7) is 2.57. The maximum absolute atomic E-state index is 3.41. The fourth-order valence-electron chi connectivity index (χ4n) is 2.57. The highest BCUT2D eigenvalue weighted by Crippen LogP contribution is 2.17. The Morgan fingerprint density at radius 2 is 1.32 bits per heavy atom. The summed E-state index contributed by atoms with van der Waals surface area (Å²) in [4.78, 5) is 1.63. The second-order valence-corrected chi connectivity index (χ2v) is 4.88. The molecule has 0 bridgehead atoms. The third-order valence-corrected chi connectivity index (χ3v) is 3.56. The first-order valence-corrected chi connectivity index (χ1v) is 6.69. The van der Waals surface area contributed by atoms with Crippen LogP contribution in [0.2, 0.25) is 0 Å². The summed E-state index contributed by atoms with van der Waals surface area (Å²) in [7, 11) is 0. The Hall–Kier alpha value is -1.51. The average Bonchev–Trinajstić information content (AvgIpc) is 2.95. The van der Waals surface area contributed by atoms with Crippen molar-refractivity contribution < 1.29 is 17.3 Å². The second kappa shape index (κ2) is 6.60. The molecule has 1 saturated heterocycles. The van der Waals surface area contributed by atoms with Crippen LogP contribution in [-0.2, 0) is 0 Å². The first-order valence-electron chi connectivity index (χ1n) is 6.69. The molecule has 2 aromatic carbocycles. The first-order chi connectivity index (χ1) is 8.92. The van der Waals surface area contributed by atoms with E-state index in [1.165, 1.54) is 31.6 Å². The van der Waals surface area contributed by atoms with E-state index in [1.54, 1.807) is 4.90 Å². The van der Waals surface area contributed by atoms with E-state index in [1.807, 2.05) is 18.2 Å². The molecule has 3 heteroatoms. The second-order valence-electron chi connectivity index (χ2n) is 4.88. The van der Waals surface area contributed by atoms with Crippen molar-refractivity contribution in [3.8, 4) is 0 Å². The summed E-state index contributed by atoms with van der Waals surface area (Å²) < 4.78 is 0. The van der Waals surface area contributed by atoms with Gasteiger partial charge in [0.1, 0.15) is 5.69 Å². The van der Waals surface area contributed by atoms with Crippen LogP contribution in [0, 0.1) is 0 Å². The Morgan fingerprint density at radius 3 is 1.95 bits per heavy atom. The summed E-state index contributed by atoms with van der Waals surface area (Å²) in [5.41, 5.74) is 3.72. The largest absolute Gasteiger partial charge is 1.00 e. The number of rotatable bonds is 3. The Kier molecular flexibility index (Phi) is 4.83. The van der Waals surface area contributed by atoms with E-state index in [9.17, 15) is 0 Å². The number of para-hydroxylation sites is 1. The molecule has 0 amide bonds. The number of nitrogens with one attached hydrogen (secondary N) is 2. The smallest absolute Gasteiger partial charge is 0.131 e. The van der Waals surface area contributed by atoms with Crippen LogP contribution in [0.3, 0.4) is 0 Å². The van der Waals surface area contributed by atoms with Gasteiger partial charge in [0.15, 0.2) is 0 Å². The number of halogens is 1. The number of anilines is 2. The van der Waals surface area contributed by atoms with Crippen molar-refractivity contribution in [2.24, 2.45) is 0 Å². The van der Waals surface area contributed by atoms with Gasteiger partial charge in [0.05, 0.1) is 13.1 Å². The van der Waals surface area contributed by atoms with Gasteiger partial charge < -0.3 is 22.6 Å². The molecule has 0 radical (unpaired) electrons. The molecule has 2 N–H and O–H groups in total. The van der Waals surface area contributed by atoms with Crippen molar-refractivity contribution in [1.82, 2.24) is 0 Å². The first kappa shape index (κ1) is 13.9. The summed E-state index contributed by atoms with van der Waals surface area (Å²) in [6.07, 6.45) is 2.72. The molecular weight excluding hydrogens is 256 g/mol. The zero-order valence-corrected chi connectivity index (χ0v) is 11.7. The Labute approximate surface area is 120 Å². The van der Waals surface area contributed by atoms with Crippen molar-refractivity contribution in [1.29, 1.82) is 0 Å². The molecule has 1 aliphatic rings. The maximum Gasteiger partial charge on any atom is 0.131 e. The van der Waals surface area contributed by atoms with E-state index in [2.05, 4.69) is 41.7 Å². The predicted molar refractivity (Wildman–Crippen MR) is 75.8 cm³/mol. The lowest BCUT2D eigenvalue weighted by Gasteiger charge is -2.12. The van der Waals surface area contributed by atoms with E-state index < -0.39 is 0 Å².